The highest BCUT2D eigenvalue weighted by Gasteiger charge is 2.18. The van der Waals surface area contributed by atoms with Crippen LogP contribution in [0, 0.1) is 11.8 Å². The van der Waals surface area contributed by atoms with Gasteiger partial charge in [-0.2, -0.15) is 0 Å². The molecule has 3 nitrogen and oxygen atoms in total. The predicted molar refractivity (Wildman–Crippen MR) is 86.7 cm³/mol. The summed E-state index contributed by atoms with van der Waals surface area (Å²) in [4.78, 5) is 16.3. The number of aryl methyl sites for hydroxylation is 1. The van der Waals surface area contributed by atoms with E-state index in [9.17, 15) is 4.79 Å². The molecule has 1 N–H and O–H groups in total. The number of pyridine rings is 1. The molecule has 0 atom stereocenters. The fourth-order valence-corrected chi connectivity index (χ4v) is 3.20. The Balaban J connectivity index is 1.80. The van der Waals surface area contributed by atoms with Crippen molar-refractivity contribution in [3.8, 4) is 0 Å². The molecule has 116 valence electrons. The van der Waals surface area contributed by atoms with Gasteiger partial charge >= 0.3 is 0 Å². The van der Waals surface area contributed by atoms with Gasteiger partial charge in [0.05, 0.1) is 0 Å². The molecule has 0 radical (unpaired) electrons. The molecule has 1 aromatic rings. The van der Waals surface area contributed by atoms with Crippen LogP contribution < -0.4 is 5.32 Å². The maximum absolute atomic E-state index is 12.2. The summed E-state index contributed by atoms with van der Waals surface area (Å²) >= 11 is 5.95. The minimum Gasteiger partial charge on any atom is -0.352 e. The number of nitrogens with zero attached hydrogens (tertiary/aromatic N) is 1. The third-order valence-electron chi connectivity index (χ3n) is 4.45. The summed E-state index contributed by atoms with van der Waals surface area (Å²) in [7, 11) is 0. The molecule has 1 heterocycles. The van der Waals surface area contributed by atoms with Crippen LogP contribution in [0.5, 0.6) is 0 Å². The highest BCUT2D eigenvalue weighted by Crippen LogP contribution is 2.29. The zero-order valence-electron chi connectivity index (χ0n) is 13.0. The molecule has 1 aliphatic rings. The number of nitrogens with one attached hydrogen (secondary N) is 1. The Bertz CT molecular complexity index is 482. The van der Waals surface area contributed by atoms with Gasteiger partial charge in [0, 0.05) is 17.8 Å². The molecule has 1 aliphatic carbocycles. The number of amides is 1. The Kier molecular flexibility index (Phi) is 6.04. The van der Waals surface area contributed by atoms with Gasteiger partial charge < -0.3 is 5.32 Å². The van der Waals surface area contributed by atoms with Gasteiger partial charge in [-0.15, -0.1) is 0 Å². The van der Waals surface area contributed by atoms with Crippen molar-refractivity contribution in [2.24, 2.45) is 11.8 Å². The number of rotatable bonds is 5. The Morgan fingerprint density at radius 2 is 2.05 bits per heavy atom. The van der Waals surface area contributed by atoms with Gasteiger partial charge in [0.25, 0.3) is 5.91 Å². The van der Waals surface area contributed by atoms with Crippen LogP contribution in [0.2, 0.25) is 5.15 Å². The molecule has 1 fully saturated rings. The summed E-state index contributed by atoms with van der Waals surface area (Å²) in [5.74, 6) is 1.61. The van der Waals surface area contributed by atoms with Crippen LogP contribution in [-0.4, -0.2) is 17.4 Å². The zero-order valence-corrected chi connectivity index (χ0v) is 13.7. The van der Waals surface area contributed by atoms with Crippen molar-refractivity contribution in [1.29, 1.82) is 0 Å². The molecule has 1 aromatic heterocycles. The van der Waals surface area contributed by atoms with Crippen molar-refractivity contribution >= 4 is 17.5 Å². The van der Waals surface area contributed by atoms with Gasteiger partial charge in [-0.25, -0.2) is 4.98 Å². The molecule has 1 saturated carbocycles. The van der Waals surface area contributed by atoms with Gasteiger partial charge in [-0.05, 0) is 36.8 Å². The quantitative estimate of drug-likeness (QED) is 0.826. The largest absolute Gasteiger partial charge is 0.352 e. The number of carbonyl (C=O) groups is 1. The lowest BCUT2D eigenvalue weighted by Crippen LogP contribution is -2.27. The van der Waals surface area contributed by atoms with Crippen LogP contribution in [0.4, 0.5) is 0 Å². The number of carbonyl (C=O) groups excluding carboxylic acids is 1. The van der Waals surface area contributed by atoms with Crippen molar-refractivity contribution in [2.45, 2.75) is 52.4 Å². The van der Waals surface area contributed by atoms with Crippen molar-refractivity contribution in [2.75, 3.05) is 6.54 Å². The van der Waals surface area contributed by atoms with Gasteiger partial charge in [0.15, 0.2) is 0 Å². The van der Waals surface area contributed by atoms with Crippen molar-refractivity contribution in [1.82, 2.24) is 10.3 Å². The monoisotopic (exact) mass is 308 g/mol. The highest BCUT2D eigenvalue weighted by atomic mass is 35.5. The van der Waals surface area contributed by atoms with E-state index in [0.29, 0.717) is 10.7 Å². The van der Waals surface area contributed by atoms with E-state index in [-0.39, 0.29) is 5.91 Å². The van der Waals surface area contributed by atoms with E-state index in [2.05, 4.69) is 17.2 Å². The van der Waals surface area contributed by atoms with Crippen molar-refractivity contribution in [3.05, 3.63) is 28.5 Å². The van der Waals surface area contributed by atoms with Gasteiger partial charge in [0.1, 0.15) is 5.15 Å². The van der Waals surface area contributed by atoms with Crippen molar-refractivity contribution < 1.29 is 4.79 Å². The number of hydrogen-bond acceptors (Lipinski definition) is 2. The second-order valence-corrected chi connectivity index (χ2v) is 6.58. The van der Waals surface area contributed by atoms with Gasteiger partial charge in [-0.3, -0.25) is 4.79 Å². The maximum atomic E-state index is 12.2. The summed E-state index contributed by atoms with van der Waals surface area (Å²) in [6.45, 7) is 5.08. The highest BCUT2D eigenvalue weighted by molar-refractivity contribution is 6.29. The third-order valence-corrected chi connectivity index (χ3v) is 4.64. The molecular weight excluding hydrogens is 284 g/mol. The molecule has 0 aliphatic heterocycles. The van der Waals surface area contributed by atoms with E-state index in [0.717, 1.165) is 36.9 Å². The summed E-state index contributed by atoms with van der Waals surface area (Å²) in [5, 5.41) is 3.40. The lowest BCUT2D eigenvalue weighted by molar-refractivity contribution is 0.0949. The Morgan fingerprint density at radius 1 is 1.33 bits per heavy atom. The average molecular weight is 309 g/mol. The first kappa shape index (κ1) is 16.3. The topological polar surface area (TPSA) is 42.0 Å². The normalized spacial score (nSPS) is 22.0. The van der Waals surface area contributed by atoms with Crippen LogP contribution in [0.3, 0.4) is 0 Å². The van der Waals surface area contributed by atoms with E-state index in [1.807, 2.05) is 13.0 Å². The second-order valence-electron chi connectivity index (χ2n) is 6.19. The first-order chi connectivity index (χ1) is 10.1. The van der Waals surface area contributed by atoms with Crippen LogP contribution >= 0.6 is 11.6 Å². The fraction of sp³-hybridized carbons (Fsp3) is 0.647. The Labute approximate surface area is 132 Å². The van der Waals surface area contributed by atoms with Crippen molar-refractivity contribution in [3.63, 3.8) is 0 Å². The number of hydrogen-bond donors (Lipinski definition) is 1. The Morgan fingerprint density at radius 3 is 2.71 bits per heavy atom. The smallest absolute Gasteiger partial charge is 0.251 e. The Hall–Kier alpha value is -1.09. The minimum atomic E-state index is -0.0434. The second kappa shape index (κ2) is 7.79. The van der Waals surface area contributed by atoms with Crippen LogP contribution in [0.25, 0.3) is 0 Å². The minimum absolute atomic E-state index is 0.0434. The van der Waals surface area contributed by atoms with Gasteiger partial charge in [0.2, 0.25) is 0 Å². The molecular formula is C17H25ClN2O. The molecule has 0 spiro atoms. The van der Waals surface area contributed by atoms with E-state index < -0.39 is 0 Å². The fourth-order valence-electron chi connectivity index (χ4n) is 2.97. The van der Waals surface area contributed by atoms with Crippen LogP contribution in [-0.2, 0) is 6.42 Å². The molecule has 0 saturated heterocycles. The first-order valence-corrected chi connectivity index (χ1v) is 8.41. The molecule has 1 amide bonds. The number of aromatic nitrogens is 1. The molecule has 2 rings (SSSR count). The summed E-state index contributed by atoms with van der Waals surface area (Å²) in [6, 6.07) is 3.46. The standard InChI is InChI=1S/C17H25ClN2O/c1-3-15-10-14(11-16(18)20-15)17(21)19-9-8-13-6-4-12(2)5-7-13/h10-13H,3-9H2,1-2H3,(H,19,21). The van der Waals surface area contributed by atoms with E-state index in [4.69, 9.17) is 11.6 Å². The third kappa shape index (κ3) is 4.99. The summed E-state index contributed by atoms with van der Waals surface area (Å²) in [6.07, 6.45) is 7.13. The lowest BCUT2D eigenvalue weighted by Gasteiger charge is -2.26. The van der Waals surface area contributed by atoms with E-state index >= 15 is 0 Å². The SMILES string of the molecule is CCc1cc(C(=O)NCCC2CCC(C)CC2)cc(Cl)n1. The number of halogens is 1. The average Bonchev–Trinajstić information content (AvgIpc) is 2.48. The molecule has 0 bridgehead atoms. The van der Waals surface area contributed by atoms with E-state index in [1.165, 1.54) is 25.7 Å². The molecule has 0 unspecified atom stereocenters. The van der Waals surface area contributed by atoms with Gasteiger partial charge in [-0.1, -0.05) is 51.1 Å². The lowest BCUT2D eigenvalue weighted by atomic mass is 9.81. The maximum Gasteiger partial charge on any atom is 0.251 e. The van der Waals surface area contributed by atoms with E-state index in [1.54, 1.807) is 6.07 Å². The molecule has 4 heteroatoms. The predicted octanol–water partition coefficient (Wildman–Crippen LogP) is 4.24. The zero-order chi connectivity index (χ0) is 15.2. The molecule has 0 aromatic carbocycles. The molecule has 21 heavy (non-hydrogen) atoms. The summed E-state index contributed by atoms with van der Waals surface area (Å²) in [5.41, 5.74) is 1.47. The summed E-state index contributed by atoms with van der Waals surface area (Å²) < 4.78 is 0. The first-order valence-electron chi connectivity index (χ1n) is 8.03. The van der Waals surface area contributed by atoms with Crippen LogP contribution in [0.1, 0.15) is 62.0 Å². The van der Waals surface area contributed by atoms with Crippen LogP contribution in [0.15, 0.2) is 12.1 Å².